The quantitative estimate of drug-likeness (QED) is 0.355. The van der Waals surface area contributed by atoms with Gasteiger partial charge in [0.05, 0.1) is 12.7 Å². The highest BCUT2D eigenvalue weighted by Gasteiger charge is 2.37. The maximum Gasteiger partial charge on any atom is 0.408 e. The molecule has 0 aromatic heterocycles. The number of rotatable bonds is 10. The summed E-state index contributed by atoms with van der Waals surface area (Å²) in [4.78, 5) is 40.0. The van der Waals surface area contributed by atoms with Gasteiger partial charge in [-0.15, -0.1) is 6.42 Å². The Hall–Kier alpha value is -3.56. The largest absolute Gasteiger partial charge is 0.444 e. The molecular weight excluding hydrogens is 436 g/mol. The molecule has 9 nitrogen and oxygen atoms in total. The normalized spacial score (nSPS) is 13.4. The molecule has 0 aliphatic heterocycles. The summed E-state index contributed by atoms with van der Waals surface area (Å²) in [6, 6.07) is 5.61. The van der Waals surface area contributed by atoms with E-state index < -0.39 is 48.7 Å². The van der Waals surface area contributed by atoms with Gasteiger partial charge in [0.1, 0.15) is 24.2 Å². The second-order valence-corrected chi connectivity index (χ2v) is 8.84. The van der Waals surface area contributed by atoms with Gasteiger partial charge in [0.15, 0.2) is 0 Å². The predicted molar refractivity (Wildman–Crippen MR) is 127 cm³/mol. The number of aliphatic hydroxyl groups excluding tert-OH is 1. The zero-order chi connectivity index (χ0) is 25.9. The Morgan fingerprint density at radius 1 is 1.24 bits per heavy atom. The summed E-state index contributed by atoms with van der Waals surface area (Å²) in [5, 5.41) is 24.5. The van der Waals surface area contributed by atoms with Crippen LogP contribution in [0.3, 0.4) is 0 Å². The van der Waals surface area contributed by atoms with Crippen molar-refractivity contribution in [3.05, 3.63) is 35.4 Å². The van der Waals surface area contributed by atoms with Crippen LogP contribution in [0, 0.1) is 23.7 Å². The van der Waals surface area contributed by atoms with Crippen molar-refractivity contribution < 1.29 is 24.2 Å². The van der Waals surface area contributed by atoms with E-state index >= 15 is 0 Å². The van der Waals surface area contributed by atoms with E-state index in [4.69, 9.17) is 11.2 Å². The molecule has 1 rings (SSSR count). The van der Waals surface area contributed by atoms with E-state index in [-0.39, 0.29) is 6.04 Å². The van der Waals surface area contributed by atoms with E-state index in [2.05, 4.69) is 16.6 Å². The Labute approximate surface area is 201 Å². The fraction of sp³-hybridized carbons (Fsp3) is 0.520. The number of benzene rings is 1. The van der Waals surface area contributed by atoms with Crippen LogP contribution < -0.4 is 10.6 Å². The summed E-state index contributed by atoms with van der Waals surface area (Å²) in [6.45, 7) is 7.52. The second-order valence-electron chi connectivity index (χ2n) is 8.84. The first kappa shape index (κ1) is 28.5. The first-order valence-electron chi connectivity index (χ1n) is 11.1. The number of ether oxygens (including phenoxy) is 1. The number of carbonyl (C=O) groups is 3. The number of terminal acetylenes is 1. The summed E-state index contributed by atoms with van der Waals surface area (Å²) in [6.07, 6.45) is 6.26. The average molecular weight is 471 g/mol. The number of hydrogen-bond acceptors (Lipinski definition) is 6. The second kappa shape index (κ2) is 13.2. The zero-order valence-electron chi connectivity index (χ0n) is 20.4. The minimum atomic E-state index is -1.44. The van der Waals surface area contributed by atoms with Crippen molar-refractivity contribution >= 4 is 17.9 Å². The van der Waals surface area contributed by atoms with Gasteiger partial charge in [-0.1, -0.05) is 37.5 Å². The number of nitrogens with one attached hydrogen (secondary N) is 2. The van der Waals surface area contributed by atoms with Gasteiger partial charge < -0.3 is 25.4 Å². The number of nitriles is 1. The highest BCUT2D eigenvalue weighted by molar-refractivity contribution is 5.92. The van der Waals surface area contributed by atoms with E-state index in [1.54, 1.807) is 45.0 Å². The Balaban J connectivity index is 3.43. The molecule has 3 N–H and O–H groups in total. The van der Waals surface area contributed by atoms with Crippen LogP contribution in [0.5, 0.6) is 0 Å². The molecule has 1 aromatic rings. The lowest BCUT2D eigenvalue weighted by Gasteiger charge is -2.33. The summed E-state index contributed by atoms with van der Waals surface area (Å²) < 4.78 is 5.17. The molecule has 9 heteroatoms. The lowest BCUT2D eigenvalue weighted by molar-refractivity contribution is -0.142. The van der Waals surface area contributed by atoms with Gasteiger partial charge in [0, 0.05) is 11.6 Å². The summed E-state index contributed by atoms with van der Waals surface area (Å²) in [5.41, 5.74) is -0.103. The Kier molecular flexibility index (Phi) is 11.1. The fourth-order valence-corrected chi connectivity index (χ4v) is 3.35. The van der Waals surface area contributed by atoms with Crippen LogP contribution in [-0.2, 0) is 14.3 Å². The molecule has 0 saturated carbocycles. The lowest BCUT2D eigenvalue weighted by Crippen LogP contribution is -2.55. The van der Waals surface area contributed by atoms with Crippen LogP contribution in [0.1, 0.15) is 64.6 Å². The first-order chi connectivity index (χ1) is 16.0. The molecule has 0 radical (unpaired) electrons. The number of amides is 3. The van der Waals surface area contributed by atoms with Gasteiger partial charge in [0.2, 0.25) is 11.8 Å². The lowest BCUT2D eigenvalue weighted by atomic mass is 9.97. The van der Waals surface area contributed by atoms with Crippen molar-refractivity contribution in [1.29, 1.82) is 5.26 Å². The van der Waals surface area contributed by atoms with Gasteiger partial charge in [-0.25, -0.2) is 4.79 Å². The van der Waals surface area contributed by atoms with Crippen LogP contribution in [0.4, 0.5) is 4.79 Å². The van der Waals surface area contributed by atoms with Crippen LogP contribution in [0.2, 0.25) is 0 Å². The third-order valence-corrected chi connectivity index (χ3v) is 4.78. The molecule has 0 saturated heterocycles. The number of nitrogens with zero attached hydrogens (tertiary/aromatic N) is 2. The molecule has 0 heterocycles. The third kappa shape index (κ3) is 8.42. The van der Waals surface area contributed by atoms with Crippen LogP contribution in [0.25, 0.3) is 0 Å². The maximum atomic E-state index is 13.4. The average Bonchev–Trinajstić information content (AvgIpc) is 2.75. The Morgan fingerprint density at radius 3 is 2.41 bits per heavy atom. The molecule has 1 aromatic carbocycles. The van der Waals surface area contributed by atoms with Crippen molar-refractivity contribution in [2.45, 2.75) is 71.2 Å². The standard InChI is InChI=1S/C25H34N4O5/c1-7-11-17(3)27-22(31)21(19-13-10-9-12-18(19)8-2)29(15-14-26)23(32)20(16-30)28-24(33)34-25(4,5)6/h2,9-10,12-13,17,20-21,30H,7,11,15-16H2,1,3-6H3,(H,27,31)(H,28,33). The minimum absolute atomic E-state index is 0.189. The van der Waals surface area contributed by atoms with E-state index in [0.717, 1.165) is 11.3 Å². The monoisotopic (exact) mass is 470 g/mol. The SMILES string of the molecule is C#Cc1ccccc1C(C(=O)NC(C)CCC)N(CC#N)C(=O)C(CO)NC(=O)OC(C)(C)C. The molecule has 3 amide bonds. The minimum Gasteiger partial charge on any atom is -0.444 e. The molecule has 184 valence electrons. The van der Waals surface area contributed by atoms with Crippen molar-refractivity contribution in [1.82, 2.24) is 15.5 Å². The molecule has 0 spiro atoms. The molecular formula is C25H34N4O5. The summed E-state index contributed by atoms with van der Waals surface area (Å²) in [7, 11) is 0. The molecule has 34 heavy (non-hydrogen) atoms. The number of aliphatic hydroxyl groups is 1. The first-order valence-corrected chi connectivity index (χ1v) is 11.1. The molecule has 3 atom stereocenters. The number of carbonyl (C=O) groups excluding carboxylic acids is 3. The maximum absolute atomic E-state index is 13.4. The summed E-state index contributed by atoms with van der Waals surface area (Å²) in [5.74, 6) is 1.15. The van der Waals surface area contributed by atoms with Crippen molar-refractivity contribution in [3.63, 3.8) is 0 Å². The molecule has 3 unspecified atom stereocenters. The molecule has 0 fully saturated rings. The zero-order valence-corrected chi connectivity index (χ0v) is 20.4. The Morgan fingerprint density at radius 2 is 1.88 bits per heavy atom. The summed E-state index contributed by atoms with van der Waals surface area (Å²) >= 11 is 0. The van der Waals surface area contributed by atoms with Gasteiger partial charge in [-0.3, -0.25) is 9.59 Å². The van der Waals surface area contributed by atoms with Gasteiger partial charge in [0.25, 0.3) is 0 Å². The van der Waals surface area contributed by atoms with E-state index in [9.17, 15) is 24.8 Å². The van der Waals surface area contributed by atoms with Crippen LogP contribution in [-0.4, -0.2) is 58.8 Å². The van der Waals surface area contributed by atoms with Gasteiger partial charge in [-0.05, 0) is 45.7 Å². The third-order valence-electron chi connectivity index (χ3n) is 4.78. The molecule has 0 bridgehead atoms. The topological polar surface area (TPSA) is 132 Å². The highest BCUT2D eigenvalue weighted by atomic mass is 16.6. The van der Waals surface area contributed by atoms with Crippen molar-refractivity contribution in [2.75, 3.05) is 13.2 Å². The fourth-order valence-electron chi connectivity index (χ4n) is 3.35. The number of hydrogen-bond donors (Lipinski definition) is 3. The van der Waals surface area contributed by atoms with Crippen molar-refractivity contribution in [2.24, 2.45) is 0 Å². The van der Waals surface area contributed by atoms with Crippen molar-refractivity contribution in [3.8, 4) is 18.4 Å². The smallest absolute Gasteiger partial charge is 0.408 e. The van der Waals surface area contributed by atoms with Gasteiger partial charge in [-0.2, -0.15) is 5.26 Å². The predicted octanol–water partition coefficient (Wildman–Crippen LogP) is 2.25. The van der Waals surface area contributed by atoms with E-state index in [0.29, 0.717) is 17.5 Å². The van der Waals surface area contributed by atoms with Crippen LogP contribution >= 0.6 is 0 Å². The van der Waals surface area contributed by atoms with E-state index in [1.165, 1.54) is 0 Å². The number of alkyl carbamates (subject to hydrolysis) is 1. The van der Waals surface area contributed by atoms with E-state index in [1.807, 2.05) is 19.9 Å². The highest BCUT2D eigenvalue weighted by Crippen LogP contribution is 2.26. The molecule has 0 aliphatic carbocycles. The molecule has 0 aliphatic rings. The Bertz CT molecular complexity index is 942. The van der Waals surface area contributed by atoms with Crippen LogP contribution in [0.15, 0.2) is 24.3 Å². The van der Waals surface area contributed by atoms with Gasteiger partial charge >= 0.3 is 6.09 Å².